The Morgan fingerprint density at radius 2 is 2.12 bits per heavy atom. The lowest BCUT2D eigenvalue weighted by Crippen LogP contribution is -1.97. The summed E-state index contributed by atoms with van der Waals surface area (Å²) < 4.78 is 1.84. The van der Waals surface area contributed by atoms with Crippen LogP contribution in [-0.4, -0.2) is 14.5 Å². The van der Waals surface area contributed by atoms with E-state index in [9.17, 15) is 0 Å². The second-order valence-electron chi connectivity index (χ2n) is 3.62. The molecule has 3 rings (SSSR count). The normalized spacial score (nSPS) is 10.3. The number of nitrogens with zero attached hydrogens (tertiary/aromatic N) is 4. The smallest absolute Gasteiger partial charge is 0.103 e. The summed E-state index contributed by atoms with van der Waals surface area (Å²) >= 11 is 0. The van der Waals surface area contributed by atoms with Crippen LogP contribution in [-0.2, 0) is 0 Å². The molecule has 4 heteroatoms. The van der Waals surface area contributed by atoms with Gasteiger partial charge in [0.15, 0.2) is 0 Å². The van der Waals surface area contributed by atoms with Gasteiger partial charge in [0.2, 0.25) is 0 Å². The Labute approximate surface area is 97.8 Å². The molecule has 0 spiro atoms. The molecule has 0 aliphatic rings. The monoisotopic (exact) mass is 220 g/mol. The van der Waals surface area contributed by atoms with Crippen LogP contribution in [0.15, 0.2) is 49.2 Å². The summed E-state index contributed by atoms with van der Waals surface area (Å²) in [4.78, 5) is 8.28. The molecule has 0 aliphatic heterocycles. The van der Waals surface area contributed by atoms with Gasteiger partial charge in [0.25, 0.3) is 0 Å². The van der Waals surface area contributed by atoms with E-state index < -0.39 is 0 Å². The van der Waals surface area contributed by atoms with Crippen molar-refractivity contribution in [3.63, 3.8) is 0 Å². The summed E-state index contributed by atoms with van der Waals surface area (Å²) in [7, 11) is 0. The molecule has 4 nitrogen and oxygen atoms in total. The lowest BCUT2D eigenvalue weighted by atomic mass is 10.1. The standard InChI is InChI=1S/C13H8N4/c14-7-10-8-16-12-4-2-1-3-11(12)13(10)17-6-5-15-9-17/h1-6,8-9H. The molecule has 0 N–H and O–H groups in total. The van der Waals surface area contributed by atoms with Crippen molar-refractivity contribution >= 4 is 10.9 Å². The van der Waals surface area contributed by atoms with E-state index >= 15 is 0 Å². The summed E-state index contributed by atoms with van der Waals surface area (Å²) in [6.07, 6.45) is 6.79. The number of nitriles is 1. The van der Waals surface area contributed by atoms with E-state index in [1.165, 1.54) is 0 Å². The zero-order valence-corrected chi connectivity index (χ0v) is 8.91. The number of para-hydroxylation sites is 1. The largest absolute Gasteiger partial charge is 0.304 e. The lowest BCUT2D eigenvalue weighted by Gasteiger charge is -2.08. The molecule has 2 heterocycles. The molecule has 0 saturated carbocycles. The zero-order valence-electron chi connectivity index (χ0n) is 8.91. The van der Waals surface area contributed by atoms with Crippen LogP contribution in [0.4, 0.5) is 0 Å². The van der Waals surface area contributed by atoms with Gasteiger partial charge in [-0.15, -0.1) is 0 Å². The Kier molecular flexibility index (Phi) is 2.09. The molecular formula is C13H8N4. The van der Waals surface area contributed by atoms with Crippen LogP contribution in [0.2, 0.25) is 0 Å². The number of rotatable bonds is 1. The summed E-state index contributed by atoms with van der Waals surface area (Å²) in [5, 5.41) is 10.1. The van der Waals surface area contributed by atoms with E-state index in [2.05, 4.69) is 16.0 Å². The van der Waals surface area contributed by atoms with Gasteiger partial charge in [-0.2, -0.15) is 5.26 Å². The number of pyridine rings is 1. The van der Waals surface area contributed by atoms with Crippen LogP contribution < -0.4 is 0 Å². The maximum absolute atomic E-state index is 9.15. The highest BCUT2D eigenvalue weighted by atomic mass is 15.0. The molecule has 1 aromatic carbocycles. The molecule has 80 valence electrons. The van der Waals surface area contributed by atoms with Gasteiger partial charge in [0.1, 0.15) is 6.07 Å². The van der Waals surface area contributed by atoms with Crippen LogP contribution in [0.1, 0.15) is 5.56 Å². The highest BCUT2D eigenvalue weighted by molar-refractivity contribution is 5.89. The third-order valence-corrected chi connectivity index (χ3v) is 2.63. The van der Waals surface area contributed by atoms with Gasteiger partial charge in [0, 0.05) is 24.0 Å². The molecule has 0 unspecified atom stereocenters. The van der Waals surface area contributed by atoms with Crippen molar-refractivity contribution in [3.05, 3.63) is 54.7 Å². The summed E-state index contributed by atoms with van der Waals surface area (Å²) in [6, 6.07) is 9.91. The van der Waals surface area contributed by atoms with E-state index in [1.807, 2.05) is 35.0 Å². The van der Waals surface area contributed by atoms with Crippen LogP contribution in [0.5, 0.6) is 0 Å². The third kappa shape index (κ3) is 1.45. The number of hydrogen-bond acceptors (Lipinski definition) is 3. The highest BCUT2D eigenvalue weighted by Crippen LogP contribution is 2.23. The van der Waals surface area contributed by atoms with Crippen LogP contribution >= 0.6 is 0 Å². The number of benzene rings is 1. The van der Waals surface area contributed by atoms with Gasteiger partial charge in [0.05, 0.1) is 23.1 Å². The van der Waals surface area contributed by atoms with Crippen molar-refractivity contribution in [2.24, 2.45) is 0 Å². The fourth-order valence-corrected chi connectivity index (χ4v) is 1.88. The SMILES string of the molecule is N#Cc1cnc2ccccc2c1-n1ccnc1. The minimum absolute atomic E-state index is 0.543. The quantitative estimate of drug-likeness (QED) is 0.632. The van der Waals surface area contributed by atoms with E-state index in [1.54, 1.807) is 18.7 Å². The Morgan fingerprint density at radius 3 is 2.88 bits per heavy atom. The van der Waals surface area contributed by atoms with E-state index in [4.69, 9.17) is 5.26 Å². The molecule has 0 radical (unpaired) electrons. The van der Waals surface area contributed by atoms with Gasteiger partial charge in [-0.25, -0.2) is 4.98 Å². The average molecular weight is 220 g/mol. The summed E-state index contributed by atoms with van der Waals surface area (Å²) in [5.41, 5.74) is 2.24. The van der Waals surface area contributed by atoms with E-state index in [-0.39, 0.29) is 0 Å². The minimum atomic E-state index is 0.543. The van der Waals surface area contributed by atoms with Crippen LogP contribution in [0.25, 0.3) is 16.6 Å². The Hall–Kier alpha value is -2.67. The average Bonchev–Trinajstić information content (AvgIpc) is 2.91. The first-order valence-corrected chi connectivity index (χ1v) is 5.16. The first-order valence-electron chi connectivity index (χ1n) is 5.16. The van der Waals surface area contributed by atoms with Crippen molar-refractivity contribution in [1.82, 2.24) is 14.5 Å². The predicted octanol–water partition coefficient (Wildman–Crippen LogP) is 2.29. The van der Waals surface area contributed by atoms with Gasteiger partial charge < -0.3 is 4.57 Å². The van der Waals surface area contributed by atoms with E-state index in [0.717, 1.165) is 16.6 Å². The minimum Gasteiger partial charge on any atom is -0.304 e. The Bertz CT molecular complexity index is 708. The molecule has 3 aromatic rings. The van der Waals surface area contributed by atoms with Gasteiger partial charge in [-0.05, 0) is 6.07 Å². The van der Waals surface area contributed by atoms with Crippen LogP contribution in [0.3, 0.4) is 0 Å². The molecular weight excluding hydrogens is 212 g/mol. The predicted molar refractivity (Wildman–Crippen MR) is 63.6 cm³/mol. The second kappa shape index (κ2) is 3.72. The maximum Gasteiger partial charge on any atom is 0.103 e. The second-order valence-corrected chi connectivity index (χ2v) is 3.62. The molecule has 0 amide bonds. The molecule has 0 saturated heterocycles. The number of fused-ring (bicyclic) bond motifs is 1. The first kappa shape index (κ1) is 9.55. The fourth-order valence-electron chi connectivity index (χ4n) is 1.88. The number of hydrogen-bond donors (Lipinski definition) is 0. The lowest BCUT2D eigenvalue weighted by molar-refractivity contribution is 1.06. The van der Waals surface area contributed by atoms with Crippen molar-refractivity contribution < 1.29 is 0 Å². The van der Waals surface area contributed by atoms with E-state index in [0.29, 0.717) is 5.56 Å². The molecule has 0 fully saturated rings. The first-order chi connectivity index (χ1) is 8.40. The summed E-state index contributed by atoms with van der Waals surface area (Å²) in [6.45, 7) is 0. The van der Waals surface area contributed by atoms with Crippen LogP contribution in [0, 0.1) is 11.3 Å². The summed E-state index contributed by atoms with van der Waals surface area (Å²) in [5.74, 6) is 0. The Balaban J connectivity index is 2.45. The molecule has 2 aromatic heterocycles. The fraction of sp³-hybridized carbons (Fsp3) is 0. The Morgan fingerprint density at radius 1 is 1.24 bits per heavy atom. The van der Waals surface area contributed by atoms with Crippen molar-refractivity contribution in [3.8, 4) is 11.8 Å². The molecule has 17 heavy (non-hydrogen) atoms. The van der Waals surface area contributed by atoms with Crippen molar-refractivity contribution in [2.75, 3.05) is 0 Å². The van der Waals surface area contributed by atoms with Crippen molar-refractivity contribution in [1.29, 1.82) is 5.26 Å². The zero-order chi connectivity index (χ0) is 11.7. The van der Waals surface area contributed by atoms with Gasteiger partial charge >= 0.3 is 0 Å². The molecule has 0 atom stereocenters. The molecule has 0 aliphatic carbocycles. The number of aromatic nitrogens is 3. The third-order valence-electron chi connectivity index (χ3n) is 2.63. The maximum atomic E-state index is 9.15. The topological polar surface area (TPSA) is 54.5 Å². The van der Waals surface area contributed by atoms with Crippen molar-refractivity contribution in [2.45, 2.75) is 0 Å². The highest BCUT2D eigenvalue weighted by Gasteiger charge is 2.09. The number of imidazole rings is 1. The van der Waals surface area contributed by atoms with Gasteiger partial charge in [-0.1, -0.05) is 18.2 Å². The van der Waals surface area contributed by atoms with Gasteiger partial charge in [-0.3, -0.25) is 4.98 Å². The molecule has 0 bridgehead atoms.